The van der Waals surface area contributed by atoms with Crippen molar-refractivity contribution >= 4 is 23.2 Å². The number of carbonyl (C=O) groups is 2. The van der Waals surface area contributed by atoms with Crippen molar-refractivity contribution in [3.05, 3.63) is 52.0 Å². The number of carboxylic acids is 1. The Labute approximate surface area is 120 Å². The summed E-state index contributed by atoms with van der Waals surface area (Å²) in [6, 6.07) is 6.10. The lowest BCUT2D eigenvalue weighted by molar-refractivity contribution is -0.141. The van der Waals surface area contributed by atoms with Gasteiger partial charge in [0.15, 0.2) is 6.04 Å². The molecule has 1 amide bonds. The number of amides is 1. The molecule has 1 unspecified atom stereocenters. The van der Waals surface area contributed by atoms with Crippen molar-refractivity contribution in [1.29, 1.82) is 0 Å². The predicted octanol–water partition coefficient (Wildman–Crippen LogP) is 1.94. The summed E-state index contributed by atoms with van der Waals surface area (Å²) in [6.07, 6.45) is 1.69. The van der Waals surface area contributed by atoms with Crippen LogP contribution < -0.4 is 5.32 Å². The van der Waals surface area contributed by atoms with Crippen LogP contribution in [0.15, 0.2) is 35.8 Å². The molecule has 0 saturated heterocycles. The van der Waals surface area contributed by atoms with Crippen molar-refractivity contribution in [3.63, 3.8) is 0 Å². The van der Waals surface area contributed by atoms with Crippen LogP contribution in [0, 0.1) is 6.92 Å². The number of aryl methyl sites for hydroxylation is 1. The molecular formula is C14H14N2O3S. The van der Waals surface area contributed by atoms with Crippen molar-refractivity contribution in [2.24, 2.45) is 0 Å². The average molecular weight is 290 g/mol. The van der Waals surface area contributed by atoms with Gasteiger partial charge in [0, 0.05) is 11.1 Å². The highest BCUT2D eigenvalue weighted by molar-refractivity contribution is 7.10. The van der Waals surface area contributed by atoms with E-state index in [1.807, 2.05) is 13.0 Å². The van der Waals surface area contributed by atoms with Crippen LogP contribution in [0.4, 0.5) is 0 Å². The number of pyridine rings is 1. The Morgan fingerprint density at radius 3 is 2.80 bits per heavy atom. The summed E-state index contributed by atoms with van der Waals surface area (Å²) >= 11 is 1.30. The summed E-state index contributed by atoms with van der Waals surface area (Å²) in [4.78, 5) is 27.9. The lowest BCUT2D eigenvalue weighted by Gasteiger charge is -2.13. The molecule has 1 atom stereocenters. The first kappa shape index (κ1) is 14.2. The third kappa shape index (κ3) is 3.42. The third-order valence-corrected chi connectivity index (χ3v) is 3.76. The van der Waals surface area contributed by atoms with Gasteiger partial charge in [-0.05, 0) is 30.0 Å². The molecule has 2 rings (SSSR count). The topological polar surface area (TPSA) is 79.3 Å². The highest BCUT2D eigenvalue weighted by atomic mass is 32.1. The van der Waals surface area contributed by atoms with E-state index in [-0.39, 0.29) is 12.3 Å². The number of hydrogen-bond acceptors (Lipinski definition) is 4. The third-order valence-electron chi connectivity index (χ3n) is 2.83. The molecule has 0 aliphatic heterocycles. The largest absolute Gasteiger partial charge is 0.479 e. The van der Waals surface area contributed by atoms with Gasteiger partial charge in [-0.3, -0.25) is 9.78 Å². The van der Waals surface area contributed by atoms with Gasteiger partial charge >= 0.3 is 5.97 Å². The highest BCUT2D eigenvalue weighted by Crippen LogP contribution is 2.19. The number of hydrogen-bond donors (Lipinski definition) is 2. The standard InChI is InChI=1S/C14H14N2O3S/c1-9-4-2-6-15-10(9)8-12(17)16-13(14(18)19)11-5-3-7-20-11/h2-7,13H,8H2,1H3,(H,16,17)(H,18,19). The highest BCUT2D eigenvalue weighted by Gasteiger charge is 2.23. The molecule has 0 aromatic carbocycles. The lowest BCUT2D eigenvalue weighted by Crippen LogP contribution is -2.34. The van der Waals surface area contributed by atoms with Crippen LogP contribution in [0.2, 0.25) is 0 Å². The molecule has 0 radical (unpaired) electrons. The van der Waals surface area contributed by atoms with E-state index in [9.17, 15) is 14.7 Å². The Balaban J connectivity index is 2.06. The molecule has 0 spiro atoms. The molecule has 0 aliphatic rings. The van der Waals surface area contributed by atoms with E-state index in [0.29, 0.717) is 10.6 Å². The predicted molar refractivity (Wildman–Crippen MR) is 75.5 cm³/mol. The molecule has 0 saturated carbocycles. The van der Waals surface area contributed by atoms with Crippen LogP contribution in [0.25, 0.3) is 0 Å². The number of thiophene rings is 1. The van der Waals surface area contributed by atoms with Crippen LogP contribution in [-0.4, -0.2) is 22.0 Å². The van der Waals surface area contributed by atoms with Gasteiger partial charge in [-0.15, -0.1) is 11.3 Å². The molecule has 0 aliphatic carbocycles. The quantitative estimate of drug-likeness (QED) is 0.882. The number of aromatic nitrogens is 1. The maximum absolute atomic E-state index is 12.0. The van der Waals surface area contributed by atoms with Crippen molar-refractivity contribution in [1.82, 2.24) is 10.3 Å². The Bertz CT molecular complexity index is 611. The van der Waals surface area contributed by atoms with Crippen molar-refractivity contribution in [2.45, 2.75) is 19.4 Å². The summed E-state index contributed by atoms with van der Waals surface area (Å²) in [6.45, 7) is 1.86. The maximum atomic E-state index is 12.0. The minimum Gasteiger partial charge on any atom is -0.479 e. The van der Waals surface area contributed by atoms with Crippen LogP contribution in [0.1, 0.15) is 22.2 Å². The van der Waals surface area contributed by atoms with Gasteiger partial charge in [-0.1, -0.05) is 12.1 Å². The minimum atomic E-state index is -1.07. The fraction of sp³-hybridized carbons (Fsp3) is 0.214. The van der Waals surface area contributed by atoms with Crippen LogP contribution in [0.5, 0.6) is 0 Å². The van der Waals surface area contributed by atoms with Gasteiger partial charge < -0.3 is 10.4 Å². The summed E-state index contributed by atoms with van der Waals surface area (Å²) < 4.78 is 0. The molecule has 0 fully saturated rings. The van der Waals surface area contributed by atoms with Crippen LogP contribution in [0.3, 0.4) is 0 Å². The fourth-order valence-corrected chi connectivity index (χ4v) is 2.54. The molecule has 2 heterocycles. The number of carbonyl (C=O) groups excluding carboxylic acids is 1. The number of nitrogens with one attached hydrogen (secondary N) is 1. The molecule has 2 aromatic rings. The monoisotopic (exact) mass is 290 g/mol. The molecule has 5 nitrogen and oxygen atoms in total. The van der Waals surface area contributed by atoms with E-state index in [2.05, 4.69) is 10.3 Å². The second-order valence-corrected chi connectivity index (χ2v) is 5.28. The zero-order valence-electron chi connectivity index (χ0n) is 10.9. The summed E-state index contributed by atoms with van der Waals surface area (Å²) in [7, 11) is 0. The smallest absolute Gasteiger partial charge is 0.331 e. The molecular weight excluding hydrogens is 276 g/mol. The first-order valence-corrected chi connectivity index (χ1v) is 6.92. The Morgan fingerprint density at radius 1 is 1.40 bits per heavy atom. The van der Waals surface area contributed by atoms with E-state index in [1.165, 1.54) is 11.3 Å². The molecule has 0 bridgehead atoms. The average Bonchev–Trinajstić information content (AvgIpc) is 2.92. The van der Waals surface area contributed by atoms with E-state index in [4.69, 9.17) is 0 Å². The van der Waals surface area contributed by atoms with Crippen LogP contribution in [-0.2, 0) is 16.0 Å². The first-order chi connectivity index (χ1) is 9.58. The number of rotatable bonds is 5. The molecule has 6 heteroatoms. The second kappa shape index (κ2) is 6.29. The van der Waals surface area contributed by atoms with Gasteiger partial charge in [0.05, 0.1) is 12.1 Å². The number of nitrogens with zero attached hydrogens (tertiary/aromatic N) is 1. The maximum Gasteiger partial charge on any atom is 0.331 e. The molecule has 104 valence electrons. The van der Waals surface area contributed by atoms with Crippen molar-refractivity contribution < 1.29 is 14.7 Å². The van der Waals surface area contributed by atoms with E-state index < -0.39 is 12.0 Å². The summed E-state index contributed by atoms with van der Waals surface area (Å²) in [5, 5.41) is 13.5. The molecule has 2 aromatic heterocycles. The van der Waals surface area contributed by atoms with Gasteiger partial charge in [0.25, 0.3) is 0 Å². The molecule has 2 N–H and O–H groups in total. The Kier molecular flexibility index (Phi) is 4.47. The lowest BCUT2D eigenvalue weighted by atomic mass is 10.1. The number of carboxylic acid groups (broad SMARTS) is 1. The Hall–Kier alpha value is -2.21. The van der Waals surface area contributed by atoms with E-state index >= 15 is 0 Å². The number of aliphatic carboxylic acids is 1. The first-order valence-electron chi connectivity index (χ1n) is 6.04. The fourth-order valence-electron chi connectivity index (χ4n) is 1.78. The van der Waals surface area contributed by atoms with Gasteiger partial charge in [0.1, 0.15) is 0 Å². The molecule has 20 heavy (non-hydrogen) atoms. The second-order valence-electron chi connectivity index (χ2n) is 4.30. The summed E-state index contributed by atoms with van der Waals surface area (Å²) in [5.41, 5.74) is 1.56. The Morgan fingerprint density at radius 2 is 2.20 bits per heavy atom. The minimum absolute atomic E-state index is 0.0713. The SMILES string of the molecule is Cc1cccnc1CC(=O)NC(C(=O)O)c1cccs1. The van der Waals surface area contributed by atoms with Gasteiger partial charge in [-0.2, -0.15) is 0 Å². The van der Waals surface area contributed by atoms with Crippen LogP contribution >= 0.6 is 11.3 Å². The van der Waals surface area contributed by atoms with E-state index in [1.54, 1.807) is 29.8 Å². The normalized spacial score (nSPS) is 11.8. The summed E-state index contributed by atoms with van der Waals surface area (Å²) in [5.74, 6) is -1.42. The van der Waals surface area contributed by atoms with Gasteiger partial charge in [0.2, 0.25) is 5.91 Å². The van der Waals surface area contributed by atoms with Crippen molar-refractivity contribution in [3.8, 4) is 0 Å². The van der Waals surface area contributed by atoms with Crippen molar-refractivity contribution in [2.75, 3.05) is 0 Å². The van der Waals surface area contributed by atoms with E-state index in [0.717, 1.165) is 5.56 Å². The van der Waals surface area contributed by atoms with Gasteiger partial charge in [-0.25, -0.2) is 4.79 Å². The zero-order chi connectivity index (χ0) is 14.5. The zero-order valence-corrected chi connectivity index (χ0v) is 11.7.